The maximum Gasteiger partial charge on any atom is 0.249 e. The molecule has 1 N–H and O–H groups in total. The first-order chi connectivity index (χ1) is 12.1. The maximum absolute atomic E-state index is 12.8. The summed E-state index contributed by atoms with van der Waals surface area (Å²) in [5.74, 6) is -0.389. The Morgan fingerprint density at radius 1 is 1.16 bits per heavy atom. The molecule has 1 aromatic heterocycles. The zero-order valence-electron chi connectivity index (χ0n) is 13.2. The molecule has 1 heterocycles. The van der Waals surface area contributed by atoms with E-state index in [9.17, 15) is 9.18 Å². The number of aromatic nitrogens is 2. The molecule has 0 fully saturated rings. The molecule has 0 aliphatic carbocycles. The van der Waals surface area contributed by atoms with Gasteiger partial charge in [-0.2, -0.15) is 5.10 Å². The predicted octanol–water partition coefficient (Wildman–Crippen LogP) is 4.38. The van der Waals surface area contributed by atoms with E-state index in [1.807, 2.05) is 30.3 Å². The van der Waals surface area contributed by atoms with E-state index in [0.29, 0.717) is 17.4 Å². The van der Waals surface area contributed by atoms with E-state index >= 15 is 0 Å². The number of anilines is 1. The molecule has 2 aromatic carbocycles. The molecule has 0 bridgehead atoms. The molecule has 0 aliphatic rings. The molecule has 0 saturated carbocycles. The summed E-state index contributed by atoms with van der Waals surface area (Å²) in [5.41, 5.74) is 1.80. The molecule has 0 atom stereocenters. The molecule has 4 nitrogen and oxygen atoms in total. The van der Waals surface area contributed by atoms with Crippen LogP contribution < -0.4 is 5.32 Å². The van der Waals surface area contributed by atoms with E-state index in [2.05, 4.69) is 10.4 Å². The van der Waals surface area contributed by atoms with Gasteiger partial charge in [0.2, 0.25) is 5.91 Å². The third-order valence-corrected chi connectivity index (χ3v) is 3.72. The van der Waals surface area contributed by atoms with Crippen LogP contribution in [0, 0.1) is 5.82 Å². The van der Waals surface area contributed by atoms with Gasteiger partial charge in [-0.25, -0.2) is 4.39 Å². The summed E-state index contributed by atoms with van der Waals surface area (Å²) in [6.45, 7) is 0.557. The Balaban J connectivity index is 1.64. The van der Waals surface area contributed by atoms with Crippen LogP contribution in [0.2, 0.25) is 5.02 Å². The van der Waals surface area contributed by atoms with Crippen LogP contribution >= 0.6 is 11.6 Å². The molecule has 1 amide bonds. The highest BCUT2D eigenvalue weighted by Gasteiger charge is 2.09. The largest absolute Gasteiger partial charge is 0.304 e. The van der Waals surface area contributed by atoms with Crippen molar-refractivity contribution >= 4 is 29.4 Å². The second-order valence-corrected chi connectivity index (χ2v) is 5.79. The number of carbonyl (C=O) groups excluding carboxylic acids is 1. The number of hydrogen-bond donors (Lipinski definition) is 1. The van der Waals surface area contributed by atoms with Crippen LogP contribution in [0.4, 0.5) is 10.2 Å². The number of halogens is 2. The summed E-state index contributed by atoms with van der Waals surface area (Å²) in [5, 5.41) is 7.28. The minimum Gasteiger partial charge on any atom is -0.304 e. The quantitative estimate of drug-likeness (QED) is 0.690. The summed E-state index contributed by atoms with van der Waals surface area (Å²) in [4.78, 5) is 12.0. The lowest BCUT2D eigenvalue weighted by Crippen LogP contribution is -2.09. The fraction of sp³-hybridized carbons (Fsp3) is 0.0526. The van der Waals surface area contributed by atoms with Gasteiger partial charge in [-0.3, -0.25) is 9.48 Å². The number of rotatable bonds is 5. The lowest BCUT2D eigenvalue weighted by molar-refractivity contribution is -0.111. The Bertz CT molecular complexity index is 889. The normalized spacial score (nSPS) is 11.0. The minimum absolute atomic E-state index is 0.298. The Morgan fingerprint density at radius 3 is 2.60 bits per heavy atom. The van der Waals surface area contributed by atoms with Crippen molar-refractivity contribution < 1.29 is 9.18 Å². The summed E-state index contributed by atoms with van der Waals surface area (Å²) in [6, 6.07) is 15.6. The molecule has 0 spiro atoms. The smallest absolute Gasteiger partial charge is 0.249 e. The summed E-state index contributed by atoms with van der Waals surface area (Å²) in [6.07, 6.45) is 4.59. The Hall–Kier alpha value is -2.92. The van der Waals surface area contributed by atoms with Gasteiger partial charge in [0.15, 0.2) is 5.82 Å². The Morgan fingerprint density at radius 2 is 1.88 bits per heavy atom. The SMILES string of the molecule is O=C(/C=C/c1ccc(F)cc1)Nc1nn(Cc2ccccc2)cc1Cl. The average molecular weight is 356 g/mol. The third kappa shape index (κ3) is 4.78. The van der Waals surface area contributed by atoms with E-state index in [0.717, 1.165) is 11.1 Å². The van der Waals surface area contributed by atoms with Crippen LogP contribution in [0.25, 0.3) is 6.08 Å². The molecule has 126 valence electrons. The predicted molar refractivity (Wildman–Crippen MR) is 96.8 cm³/mol. The van der Waals surface area contributed by atoms with Crippen molar-refractivity contribution in [2.75, 3.05) is 5.32 Å². The fourth-order valence-electron chi connectivity index (χ4n) is 2.24. The van der Waals surface area contributed by atoms with Crippen molar-refractivity contribution in [3.63, 3.8) is 0 Å². The van der Waals surface area contributed by atoms with Crippen molar-refractivity contribution in [2.45, 2.75) is 6.54 Å². The lowest BCUT2D eigenvalue weighted by Gasteiger charge is -2.01. The first-order valence-corrected chi connectivity index (χ1v) is 7.99. The van der Waals surface area contributed by atoms with Gasteiger partial charge < -0.3 is 5.32 Å². The van der Waals surface area contributed by atoms with Gasteiger partial charge in [-0.1, -0.05) is 54.1 Å². The molecule has 3 rings (SSSR count). The average Bonchev–Trinajstić information content (AvgIpc) is 2.94. The summed E-state index contributed by atoms with van der Waals surface area (Å²) in [7, 11) is 0. The highest BCUT2D eigenvalue weighted by molar-refractivity contribution is 6.33. The number of nitrogens with zero attached hydrogens (tertiary/aromatic N) is 2. The summed E-state index contributed by atoms with van der Waals surface area (Å²) < 4.78 is 14.5. The fourth-order valence-corrected chi connectivity index (χ4v) is 2.44. The molecule has 25 heavy (non-hydrogen) atoms. The lowest BCUT2D eigenvalue weighted by atomic mass is 10.2. The van der Waals surface area contributed by atoms with Crippen LogP contribution in [0.5, 0.6) is 0 Å². The molecule has 0 unspecified atom stereocenters. The number of benzene rings is 2. The maximum atomic E-state index is 12.8. The molecule has 6 heteroatoms. The van der Waals surface area contributed by atoms with Crippen molar-refractivity contribution in [3.8, 4) is 0 Å². The van der Waals surface area contributed by atoms with Crippen LogP contribution in [0.1, 0.15) is 11.1 Å². The number of amides is 1. The van der Waals surface area contributed by atoms with Gasteiger partial charge in [-0.15, -0.1) is 0 Å². The summed E-state index contributed by atoms with van der Waals surface area (Å²) >= 11 is 6.13. The van der Waals surface area contributed by atoms with Crippen LogP contribution in [-0.2, 0) is 11.3 Å². The van der Waals surface area contributed by atoms with Crippen molar-refractivity contribution in [1.82, 2.24) is 9.78 Å². The highest BCUT2D eigenvalue weighted by atomic mass is 35.5. The van der Waals surface area contributed by atoms with E-state index in [4.69, 9.17) is 11.6 Å². The van der Waals surface area contributed by atoms with Gasteiger partial charge in [0, 0.05) is 12.3 Å². The third-order valence-electron chi connectivity index (χ3n) is 3.44. The van der Waals surface area contributed by atoms with Crippen LogP contribution in [-0.4, -0.2) is 15.7 Å². The van der Waals surface area contributed by atoms with Crippen molar-refractivity contribution in [2.24, 2.45) is 0 Å². The molecular formula is C19H15ClFN3O. The van der Waals surface area contributed by atoms with Gasteiger partial charge in [-0.05, 0) is 29.3 Å². The number of carbonyl (C=O) groups is 1. The topological polar surface area (TPSA) is 46.9 Å². The van der Waals surface area contributed by atoms with Crippen molar-refractivity contribution in [1.29, 1.82) is 0 Å². The molecule has 0 radical (unpaired) electrons. The highest BCUT2D eigenvalue weighted by Crippen LogP contribution is 2.20. The minimum atomic E-state index is -0.365. The van der Waals surface area contributed by atoms with Crippen LogP contribution in [0.3, 0.4) is 0 Å². The van der Waals surface area contributed by atoms with Gasteiger partial charge in [0.1, 0.15) is 10.8 Å². The van der Waals surface area contributed by atoms with Gasteiger partial charge >= 0.3 is 0 Å². The van der Waals surface area contributed by atoms with Crippen LogP contribution in [0.15, 0.2) is 66.9 Å². The Labute approximate surface area is 149 Å². The van der Waals surface area contributed by atoms with Crippen molar-refractivity contribution in [3.05, 3.63) is 88.8 Å². The second-order valence-electron chi connectivity index (χ2n) is 5.38. The zero-order chi connectivity index (χ0) is 17.6. The van der Waals surface area contributed by atoms with E-state index < -0.39 is 0 Å². The first-order valence-electron chi connectivity index (χ1n) is 7.62. The first kappa shape index (κ1) is 16.9. The molecular weight excluding hydrogens is 341 g/mol. The van der Waals surface area contributed by atoms with Gasteiger partial charge in [0.05, 0.1) is 6.54 Å². The molecule has 3 aromatic rings. The van der Waals surface area contributed by atoms with Gasteiger partial charge in [0.25, 0.3) is 0 Å². The molecule has 0 aliphatic heterocycles. The monoisotopic (exact) mass is 355 g/mol. The van der Waals surface area contributed by atoms with E-state index in [1.165, 1.54) is 18.2 Å². The second kappa shape index (κ2) is 7.77. The Kier molecular flexibility index (Phi) is 5.26. The molecule has 0 saturated heterocycles. The number of nitrogens with one attached hydrogen (secondary N) is 1. The standard InChI is InChI=1S/C19H15ClFN3O/c20-17-13-24(12-15-4-2-1-3-5-15)23-19(17)22-18(25)11-8-14-6-9-16(21)10-7-14/h1-11,13H,12H2,(H,22,23,25)/b11-8+. The number of hydrogen-bond acceptors (Lipinski definition) is 2. The van der Waals surface area contributed by atoms with E-state index in [1.54, 1.807) is 29.1 Å². The zero-order valence-corrected chi connectivity index (χ0v) is 13.9. The van der Waals surface area contributed by atoms with E-state index in [-0.39, 0.29) is 11.7 Å².